The van der Waals surface area contributed by atoms with Gasteiger partial charge < -0.3 is 4.90 Å². The molecule has 0 aromatic carbocycles. The molecule has 0 spiro atoms. The predicted octanol–water partition coefficient (Wildman–Crippen LogP) is 3.45. The van der Waals surface area contributed by atoms with Crippen molar-refractivity contribution in [3.8, 4) is 0 Å². The third-order valence-electron chi connectivity index (χ3n) is 1.82. The molecule has 0 unspecified atom stereocenters. The van der Waals surface area contributed by atoms with E-state index in [-0.39, 0.29) is 0 Å². The lowest BCUT2D eigenvalue weighted by Crippen LogP contribution is -2.26. The van der Waals surface area contributed by atoms with Crippen LogP contribution in [0.2, 0.25) is 10.0 Å². The SMILES string of the molecule is CCN(CCCl)c1ncc(Cl)cc1Cl. The number of anilines is 1. The Bertz CT molecular complexity index is 304. The van der Waals surface area contributed by atoms with Gasteiger partial charge in [0.05, 0.1) is 10.0 Å². The molecule has 2 nitrogen and oxygen atoms in total. The first kappa shape index (κ1) is 11.9. The molecule has 0 aliphatic carbocycles. The molecule has 0 radical (unpaired) electrons. The highest BCUT2D eigenvalue weighted by Gasteiger charge is 2.09. The van der Waals surface area contributed by atoms with Crippen molar-refractivity contribution in [3.05, 3.63) is 22.3 Å². The number of rotatable bonds is 4. The topological polar surface area (TPSA) is 16.1 Å². The summed E-state index contributed by atoms with van der Waals surface area (Å²) in [5, 5.41) is 1.10. The maximum absolute atomic E-state index is 6.01. The van der Waals surface area contributed by atoms with E-state index in [1.54, 1.807) is 12.3 Å². The fraction of sp³-hybridized carbons (Fsp3) is 0.444. The monoisotopic (exact) mass is 252 g/mol. The lowest BCUT2D eigenvalue weighted by molar-refractivity contribution is 0.850. The molecular weight excluding hydrogens is 242 g/mol. The van der Waals surface area contributed by atoms with E-state index in [1.165, 1.54) is 0 Å². The van der Waals surface area contributed by atoms with Gasteiger partial charge in [0.15, 0.2) is 0 Å². The average Bonchev–Trinajstić information content (AvgIpc) is 2.15. The smallest absolute Gasteiger partial charge is 0.147 e. The Labute approximate surface area is 98.8 Å². The maximum atomic E-state index is 6.01. The molecule has 1 rings (SSSR count). The summed E-state index contributed by atoms with van der Waals surface area (Å²) >= 11 is 17.4. The second kappa shape index (κ2) is 5.64. The van der Waals surface area contributed by atoms with Crippen LogP contribution in [0, 0.1) is 0 Å². The second-order valence-corrected chi connectivity index (χ2v) is 3.95. The molecular formula is C9H11Cl3N2. The standard InChI is InChI=1S/C9H11Cl3N2/c1-2-14(4-3-10)9-8(12)5-7(11)6-13-9/h5-6H,2-4H2,1H3. The molecule has 1 aromatic rings. The van der Waals surface area contributed by atoms with Gasteiger partial charge in [0, 0.05) is 25.2 Å². The van der Waals surface area contributed by atoms with Gasteiger partial charge in [0.2, 0.25) is 0 Å². The summed E-state index contributed by atoms with van der Waals surface area (Å²) in [6, 6.07) is 1.68. The Balaban J connectivity index is 2.92. The molecule has 0 aliphatic heterocycles. The molecule has 0 saturated heterocycles. The molecule has 14 heavy (non-hydrogen) atoms. The van der Waals surface area contributed by atoms with Gasteiger partial charge in [-0.15, -0.1) is 11.6 Å². The largest absolute Gasteiger partial charge is 0.354 e. The highest BCUT2D eigenvalue weighted by Crippen LogP contribution is 2.25. The number of halogens is 3. The summed E-state index contributed by atoms with van der Waals surface area (Å²) in [6.45, 7) is 3.58. The van der Waals surface area contributed by atoms with E-state index in [0.717, 1.165) is 18.9 Å². The summed E-state index contributed by atoms with van der Waals surface area (Å²) in [4.78, 5) is 6.18. The minimum atomic E-state index is 0.542. The van der Waals surface area contributed by atoms with Crippen molar-refractivity contribution in [2.24, 2.45) is 0 Å². The van der Waals surface area contributed by atoms with Gasteiger partial charge in [0.25, 0.3) is 0 Å². The number of hydrogen-bond donors (Lipinski definition) is 0. The Morgan fingerprint density at radius 3 is 2.64 bits per heavy atom. The fourth-order valence-electron chi connectivity index (χ4n) is 1.16. The number of nitrogens with zero attached hydrogens (tertiary/aromatic N) is 2. The summed E-state index contributed by atoms with van der Waals surface area (Å²) < 4.78 is 0. The molecule has 0 fully saturated rings. The Kier molecular flexibility index (Phi) is 4.79. The van der Waals surface area contributed by atoms with Gasteiger partial charge in [-0.3, -0.25) is 0 Å². The van der Waals surface area contributed by atoms with E-state index < -0.39 is 0 Å². The zero-order valence-electron chi connectivity index (χ0n) is 7.80. The molecule has 1 heterocycles. The van der Waals surface area contributed by atoms with Crippen molar-refractivity contribution >= 4 is 40.6 Å². The van der Waals surface area contributed by atoms with E-state index >= 15 is 0 Å². The third-order valence-corrected chi connectivity index (χ3v) is 2.48. The van der Waals surface area contributed by atoms with E-state index in [4.69, 9.17) is 34.8 Å². The van der Waals surface area contributed by atoms with Crippen LogP contribution in [0.1, 0.15) is 6.92 Å². The van der Waals surface area contributed by atoms with Crippen LogP contribution >= 0.6 is 34.8 Å². The highest BCUT2D eigenvalue weighted by atomic mass is 35.5. The molecule has 5 heteroatoms. The van der Waals surface area contributed by atoms with Crippen LogP contribution < -0.4 is 4.90 Å². The van der Waals surface area contributed by atoms with Crippen LogP contribution in [-0.2, 0) is 0 Å². The van der Waals surface area contributed by atoms with E-state index in [1.807, 2.05) is 11.8 Å². The molecule has 0 saturated carbocycles. The molecule has 0 aliphatic rings. The molecule has 0 bridgehead atoms. The van der Waals surface area contributed by atoms with Gasteiger partial charge in [-0.05, 0) is 13.0 Å². The van der Waals surface area contributed by atoms with Gasteiger partial charge >= 0.3 is 0 Å². The van der Waals surface area contributed by atoms with Crippen molar-refractivity contribution in [2.75, 3.05) is 23.9 Å². The maximum Gasteiger partial charge on any atom is 0.147 e. The first-order valence-corrected chi connectivity index (χ1v) is 5.60. The minimum Gasteiger partial charge on any atom is -0.354 e. The summed E-state index contributed by atoms with van der Waals surface area (Å²) in [7, 11) is 0. The quantitative estimate of drug-likeness (QED) is 0.764. The van der Waals surface area contributed by atoms with Crippen LogP contribution in [0.5, 0.6) is 0 Å². The molecule has 0 N–H and O–H groups in total. The van der Waals surface area contributed by atoms with Crippen LogP contribution in [0.25, 0.3) is 0 Å². The zero-order valence-corrected chi connectivity index (χ0v) is 10.1. The molecule has 0 atom stereocenters. The van der Waals surface area contributed by atoms with Crippen molar-refractivity contribution in [1.82, 2.24) is 4.98 Å². The van der Waals surface area contributed by atoms with E-state index in [9.17, 15) is 0 Å². The Hall–Kier alpha value is -0.180. The zero-order chi connectivity index (χ0) is 10.6. The van der Waals surface area contributed by atoms with Crippen LogP contribution in [0.15, 0.2) is 12.3 Å². The van der Waals surface area contributed by atoms with Crippen LogP contribution in [-0.4, -0.2) is 24.0 Å². The van der Waals surface area contributed by atoms with Crippen LogP contribution in [0.4, 0.5) is 5.82 Å². The molecule has 78 valence electrons. The van der Waals surface area contributed by atoms with Gasteiger partial charge in [-0.1, -0.05) is 23.2 Å². The number of aromatic nitrogens is 1. The van der Waals surface area contributed by atoms with Crippen molar-refractivity contribution < 1.29 is 0 Å². The van der Waals surface area contributed by atoms with E-state index in [2.05, 4.69) is 4.98 Å². The third kappa shape index (κ3) is 2.91. The fourth-order valence-corrected chi connectivity index (χ4v) is 1.86. The predicted molar refractivity (Wildman–Crippen MR) is 62.9 cm³/mol. The number of pyridine rings is 1. The Morgan fingerprint density at radius 1 is 1.43 bits per heavy atom. The van der Waals surface area contributed by atoms with Crippen molar-refractivity contribution in [1.29, 1.82) is 0 Å². The highest BCUT2D eigenvalue weighted by molar-refractivity contribution is 6.36. The lowest BCUT2D eigenvalue weighted by Gasteiger charge is -2.21. The van der Waals surface area contributed by atoms with Crippen LogP contribution in [0.3, 0.4) is 0 Å². The number of hydrogen-bond acceptors (Lipinski definition) is 2. The lowest BCUT2D eigenvalue weighted by atomic mass is 10.4. The molecule has 1 aromatic heterocycles. The first-order chi connectivity index (χ1) is 6.69. The average molecular weight is 254 g/mol. The minimum absolute atomic E-state index is 0.542. The summed E-state index contributed by atoms with van der Waals surface area (Å²) in [5.74, 6) is 1.29. The van der Waals surface area contributed by atoms with Gasteiger partial charge in [-0.2, -0.15) is 0 Å². The van der Waals surface area contributed by atoms with Gasteiger partial charge in [0.1, 0.15) is 5.82 Å². The van der Waals surface area contributed by atoms with E-state index in [0.29, 0.717) is 15.9 Å². The van der Waals surface area contributed by atoms with Crippen molar-refractivity contribution in [3.63, 3.8) is 0 Å². The molecule has 0 amide bonds. The van der Waals surface area contributed by atoms with Gasteiger partial charge in [-0.25, -0.2) is 4.98 Å². The summed E-state index contributed by atoms with van der Waals surface area (Å²) in [6.07, 6.45) is 1.58. The van der Waals surface area contributed by atoms with Crippen molar-refractivity contribution in [2.45, 2.75) is 6.92 Å². The Morgan fingerprint density at radius 2 is 2.14 bits per heavy atom. The summed E-state index contributed by atoms with van der Waals surface area (Å²) in [5.41, 5.74) is 0. The normalized spacial score (nSPS) is 10.3. The first-order valence-electron chi connectivity index (χ1n) is 4.31. The second-order valence-electron chi connectivity index (χ2n) is 2.73. The number of alkyl halides is 1.